The van der Waals surface area contributed by atoms with Crippen LogP contribution in [0.25, 0.3) is 11.4 Å². The third-order valence-corrected chi connectivity index (χ3v) is 6.40. The molecule has 42 heavy (non-hydrogen) atoms. The van der Waals surface area contributed by atoms with E-state index in [0.29, 0.717) is 37.7 Å². The highest BCUT2D eigenvalue weighted by Crippen LogP contribution is 2.25. The Labute approximate surface area is 246 Å². The number of ether oxygens (including phenoxy) is 2. The van der Waals surface area contributed by atoms with E-state index >= 15 is 0 Å². The zero-order valence-electron chi connectivity index (χ0n) is 23.4. The number of carbonyl (C=O) groups is 2. The molecule has 1 aliphatic rings. The number of aromatic nitrogens is 4. The van der Waals surface area contributed by atoms with Gasteiger partial charge in [-0.05, 0) is 51.2 Å². The molecule has 3 heterocycles. The van der Waals surface area contributed by atoms with Gasteiger partial charge in [0.2, 0.25) is 5.91 Å². The summed E-state index contributed by atoms with van der Waals surface area (Å²) < 4.78 is 42.4. The van der Waals surface area contributed by atoms with E-state index in [1.807, 2.05) is 0 Å². The van der Waals surface area contributed by atoms with Crippen LogP contribution in [0.3, 0.4) is 0 Å². The molecule has 0 spiro atoms. The van der Waals surface area contributed by atoms with Gasteiger partial charge >= 0.3 is 6.09 Å². The molecule has 0 radical (unpaired) electrons. The number of pyridine rings is 1. The van der Waals surface area contributed by atoms with Gasteiger partial charge in [-0.25, -0.2) is 13.6 Å². The number of amides is 2. The standard InChI is InChI=1S/C27H32F2N8O4S/c1-27(2,3)41-26(39)36-9-7-35(8-10-36)24(38)15-32-14-21(30)18-11-20(29)22(12-19(18)28)40-16-23-33-34-25(42)37(23)17-5-4-6-31-13-17/h4-6,11-14,32H,7-10,15-16,30H2,1-3H3,(H,34,42)/b21-14-. The topological polar surface area (TPSA) is 144 Å². The van der Waals surface area contributed by atoms with E-state index in [0.717, 1.165) is 12.1 Å². The van der Waals surface area contributed by atoms with Crippen molar-refractivity contribution < 1.29 is 27.8 Å². The van der Waals surface area contributed by atoms with Crippen molar-refractivity contribution in [2.45, 2.75) is 33.0 Å². The van der Waals surface area contributed by atoms with Gasteiger partial charge in [0.1, 0.15) is 18.0 Å². The highest BCUT2D eigenvalue weighted by Gasteiger charge is 2.27. The molecule has 2 aromatic heterocycles. The van der Waals surface area contributed by atoms with Crippen LogP contribution in [0.2, 0.25) is 0 Å². The van der Waals surface area contributed by atoms with Crippen LogP contribution >= 0.6 is 12.2 Å². The quantitative estimate of drug-likeness (QED) is 0.332. The van der Waals surface area contributed by atoms with E-state index in [1.54, 1.807) is 59.7 Å². The molecule has 0 saturated carbocycles. The Morgan fingerprint density at radius 3 is 2.55 bits per heavy atom. The lowest BCUT2D eigenvalue weighted by molar-refractivity contribution is -0.131. The number of carbonyl (C=O) groups excluding carboxylic acids is 2. The summed E-state index contributed by atoms with van der Waals surface area (Å²) in [6.07, 6.45) is 3.99. The maximum absolute atomic E-state index is 14.9. The van der Waals surface area contributed by atoms with Crippen LogP contribution in [0.5, 0.6) is 5.75 Å². The molecule has 0 atom stereocenters. The maximum Gasteiger partial charge on any atom is 0.410 e. The number of nitrogens with one attached hydrogen (secondary N) is 2. The summed E-state index contributed by atoms with van der Waals surface area (Å²) in [5, 5.41) is 9.49. The molecule has 15 heteroatoms. The molecule has 0 unspecified atom stereocenters. The monoisotopic (exact) mass is 602 g/mol. The minimum absolute atomic E-state index is 0.113. The van der Waals surface area contributed by atoms with Gasteiger partial charge in [-0.2, -0.15) is 5.10 Å². The Balaban J connectivity index is 1.31. The molecule has 4 rings (SSSR count). The smallest absolute Gasteiger partial charge is 0.410 e. The van der Waals surface area contributed by atoms with Gasteiger partial charge in [-0.15, -0.1) is 0 Å². The van der Waals surface area contributed by atoms with Crippen LogP contribution in [0.15, 0.2) is 42.9 Å². The SMILES string of the molecule is CC(C)(C)OC(=O)N1CCN(C(=O)CN/C=C(\N)c2cc(F)c(OCc3n[nH]c(=S)n3-c3cccnc3)cc2F)CC1. The van der Waals surface area contributed by atoms with E-state index in [4.69, 9.17) is 27.4 Å². The molecule has 2 amide bonds. The zero-order valence-corrected chi connectivity index (χ0v) is 24.2. The molecular formula is C27H32F2N8O4S. The van der Waals surface area contributed by atoms with Crippen molar-refractivity contribution in [3.05, 3.63) is 70.7 Å². The average molecular weight is 603 g/mol. The second kappa shape index (κ2) is 13.0. The van der Waals surface area contributed by atoms with Crippen molar-refractivity contribution >= 4 is 29.9 Å². The van der Waals surface area contributed by atoms with Crippen LogP contribution < -0.4 is 15.8 Å². The Morgan fingerprint density at radius 2 is 1.88 bits per heavy atom. The fourth-order valence-electron chi connectivity index (χ4n) is 4.08. The number of hydrogen-bond acceptors (Lipinski definition) is 9. The molecular weight excluding hydrogens is 570 g/mol. The first kappa shape index (κ1) is 30.4. The first-order chi connectivity index (χ1) is 19.9. The number of halogens is 2. The highest BCUT2D eigenvalue weighted by molar-refractivity contribution is 7.71. The number of hydrogen-bond donors (Lipinski definition) is 3. The van der Waals surface area contributed by atoms with Gasteiger partial charge in [0.05, 0.1) is 24.1 Å². The van der Waals surface area contributed by atoms with E-state index in [2.05, 4.69) is 20.5 Å². The summed E-state index contributed by atoms with van der Waals surface area (Å²) in [7, 11) is 0. The zero-order chi connectivity index (χ0) is 30.4. The largest absolute Gasteiger partial charge is 0.482 e. The van der Waals surface area contributed by atoms with Gasteiger partial charge in [-0.3, -0.25) is 19.4 Å². The van der Waals surface area contributed by atoms with Gasteiger partial charge < -0.3 is 30.3 Å². The van der Waals surface area contributed by atoms with E-state index in [-0.39, 0.29) is 40.8 Å². The van der Waals surface area contributed by atoms with Crippen molar-refractivity contribution in [3.8, 4) is 11.4 Å². The fourth-order valence-corrected chi connectivity index (χ4v) is 4.34. The minimum Gasteiger partial charge on any atom is -0.482 e. The van der Waals surface area contributed by atoms with Gasteiger partial charge in [-0.1, -0.05) is 0 Å². The van der Waals surface area contributed by atoms with Gasteiger partial charge in [0.25, 0.3) is 0 Å². The number of nitrogens with two attached hydrogens (primary N) is 1. The summed E-state index contributed by atoms with van der Waals surface area (Å²) in [6, 6.07) is 5.28. The third-order valence-electron chi connectivity index (χ3n) is 6.13. The highest BCUT2D eigenvalue weighted by atomic mass is 32.1. The van der Waals surface area contributed by atoms with E-state index in [9.17, 15) is 18.4 Å². The number of rotatable bonds is 8. The maximum atomic E-state index is 14.9. The second-order valence-corrected chi connectivity index (χ2v) is 10.8. The fraction of sp³-hybridized carbons (Fsp3) is 0.370. The van der Waals surface area contributed by atoms with Crippen molar-refractivity contribution in [1.82, 2.24) is 34.9 Å². The molecule has 12 nitrogen and oxygen atoms in total. The number of benzene rings is 1. The molecule has 1 aliphatic heterocycles. The van der Waals surface area contributed by atoms with Gasteiger partial charge in [0, 0.05) is 50.2 Å². The molecule has 3 aromatic rings. The van der Waals surface area contributed by atoms with Crippen molar-refractivity contribution in [1.29, 1.82) is 0 Å². The average Bonchev–Trinajstić information content (AvgIpc) is 3.32. The lowest BCUT2D eigenvalue weighted by atomic mass is 10.1. The first-order valence-corrected chi connectivity index (χ1v) is 13.5. The molecule has 0 bridgehead atoms. The number of H-pyrrole nitrogens is 1. The second-order valence-electron chi connectivity index (χ2n) is 10.4. The predicted molar refractivity (Wildman–Crippen MR) is 152 cm³/mol. The van der Waals surface area contributed by atoms with Crippen molar-refractivity contribution in [2.75, 3.05) is 32.7 Å². The van der Waals surface area contributed by atoms with Crippen LogP contribution in [0, 0.1) is 16.4 Å². The molecule has 1 aromatic carbocycles. The third kappa shape index (κ3) is 7.60. The lowest BCUT2D eigenvalue weighted by Crippen LogP contribution is -2.52. The van der Waals surface area contributed by atoms with Crippen LogP contribution in [-0.2, 0) is 16.1 Å². The molecule has 224 valence electrons. The summed E-state index contributed by atoms with van der Waals surface area (Å²) in [5.41, 5.74) is 5.68. The van der Waals surface area contributed by atoms with E-state index in [1.165, 1.54) is 6.20 Å². The Kier molecular flexibility index (Phi) is 9.40. The normalized spacial score (nSPS) is 14.1. The summed E-state index contributed by atoms with van der Waals surface area (Å²) in [6.45, 7) is 6.40. The van der Waals surface area contributed by atoms with Crippen LogP contribution in [-0.4, -0.2) is 79.9 Å². The Bertz CT molecular complexity index is 1510. The van der Waals surface area contributed by atoms with Crippen molar-refractivity contribution in [3.63, 3.8) is 0 Å². The molecule has 1 fully saturated rings. The minimum atomic E-state index is -0.844. The van der Waals surface area contributed by atoms with Crippen molar-refractivity contribution in [2.24, 2.45) is 5.73 Å². The number of piperazine rings is 1. The van der Waals surface area contributed by atoms with E-state index < -0.39 is 23.3 Å². The Hall–Kier alpha value is -4.53. The summed E-state index contributed by atoms with van der Waals surface area (Å²) in [4.78, 5) is 32.0. The predicted octanol–water partition coefficient (Wildman–Crippen LogP) is 3.11. The Morgan fingerprint density at radius 1 is 1.17 bits per heavy atom. The number of nitrogens with zero attached hydrogens (tertiary/aromatic N) is 5. The van der Waals surface area contributed by atoms with Crippen LogP contribution in [0.4, 0.5) is 13.6 Å². The molecule has 4 N–H and O–H groups in total. The molecule has 1 saturated heterocycles. The first-order valence-electron chi connectivity index (χ1n) is 13.1. The molecule has 0 aliphatic carbocycles. The number of aromatic amines is 1. The van der Waals surface area contributed by atoms with Crippen LogP contribution in [0.1, 0.15) is 32.2 Å². The van der Waals surface area contributed by atoms with Gasteiger partial charge in [0.15, 0.2) is 22.2 Å². The summed E-state index contributed by atoms with van der Waals surface area (Å²) >= 11 is 5.25. The summed E-state index contributed by atoms with van der Waals surface area (Å²) in [5.74, 6) is -1.91. The lowest BCUT2D eigenvalue weighted by Gasteiger charge is -2.35.